The van der Waals surface area contributed by atoms with Crippen LogP contribution in [-0.2, 0) is 4.79 Å². The number of hydrogen-bond donors (Lipinski definition) is 3. The van der Waals surface area contributed by atoms with Crippen molar-refractivity contribution in [3.8, 4) is 11.8 Å². The van der Waals surface area contributed by atoms with Gasteiger partial charge in [0.15, 0.2) is 0 Å². The molecule has 4 N–H and O–H groups in total. The van der Waals surface area contributed by atoms with Crippen LogP contribution in [0.3, 0.4) is 0 Å². The third kappa shape index (κ3) is 4.33. The van der Waals surface area contributed by atoms with Crippen LogP contribution in [0.5, 0.6) is 0 Å². The minimum Gasteiger partial charge on any atom is -0.384 e. The van der Waals surface area contributed by atoms with Crippen molar-refractivity contribution in [3.63, 3.8) is 0 Å². The summed E-state index contributed by atoms with van der Waals surface area (Å²) in [5, 5.41) is 11.4. The van der Waals surface area contributed by atoms with Crippen LogP contribution in [-0.4, -0.2) is 29.6 Å². The van der Waals surface area contributed by atoms with Gasteiger partial charge >= 0.3 is 0 Å². The zero-order chi connectivity index (χ0) is 16.0. The standard InChI is InChI=1S/C16H20N2O3/c1-10(2)14(15(17)20)18-16(21)13-8-4-6-12(11(13)3)7-5-9-19/h4,6,8,10,14,19H,9H2,1-3H3,(H2,17,20)(H,18,21). The minimum atomic E-state index is -0.718. The maximum Gasteiger partial charge on any atom is 0.252 e. The molecular formula is C16H20N2O3. The van der Waals surface area contributed by atoms with Gasteiger partial charge in [0, 0.05) is 11.1 Å². The summed E-state index contributed by atoms with van der Waals surface area (Å²) in [6.07, 6.45) is 0. The highest BCUT2D eigenvalue weighted by Crippen LogP contribution is 2.14. The smallest absolute Gasteiger partial charge is 0.252 e. The molecule has 5 nitrogen and oxygen atoms in total. The van der Waals surface area contributed by atoms with Crippen LogP contribution < -0.4 is 11.1 Å². The lowest BCUT2D eigenvalue weighted by molar-refractivity contribution is -0.120. The van der Waals surface area contributed by atoms with Crippen LogP contribution >= 0.6 is 0 Å². The Labute approximate surface area is 124 Å². The maximum atomic E-state index is 12.3. The van der Waals surface area contributed by atoms with Crippen LogP contribution in [0.15, 0.2) is 18.2 Å². The summed E-state index contributed by atoms with van der Waals surface area (Å²) in [6, 6.07) is 4.41. The highest BCUT2D eigenvalue weighted by Gasteiger charge is 2.23. The van der Waals surface area contributed by atoms with Gasteiger partial charge in [0.2, 0.25) is 5.91 Å². The Morgan fingerprint density at radius 1 is 1.38 bits per heavy atom. The molecule has 0 aliphatic carbocycles. The summed E-state index contributed by atoms with van der Waals surface area (Å²) < 4.78 is 0. The van der Waals surface area contributed by atoms with Gasteiger partial charge in [-0.05, 0) is 30.5 Å². The highest BCUT2D eigenvalue weighted by molar-refractivity contribution is 5.98. The molecule has 0 spiro atoms. The molecule has 5 heteroatoms. The summed E-state index contributed by atoms with van der Waals surface area (Å²) in [5.41, 5.74) is 7.09. The number of aliphatic hydroxyl groups is 1. The molecule has 0 fully saturated rings. The van der Waals surface area contributed by atoms with Crippen molar-refractivity contribution in [3.05, 3.63) is 34.9 Å². The molecule has 2 amide bonds. The first-order valence-corrected chi connectivity index (χ1v) is 6.68. The summed E-state index contributed by atoms with van der Waals surface area (Å²) in [4.78, 5) is 23.7. The third-order valence-corrected chi connectivity index (χ3v) is 3.14. The van der Waals surface area contributed by atoms with Gasteiger partial charge in [-0.1, -0.05) is 31.8 Å². The number of rotatable bonds is 4. The second-order valence-corrected chi connectivity index (χ2v) is 5.04. The second kappa shape index (κ2) is 7.46. The fourth-order valence-corrected chi connectivity index (χ4v) is 1.94. The number of nitrogens with two attached hydrogens (primary N) is 1. The van der Waals surface area contributed by atoms with E-state index in [9.17, 15) is 9.59 Å². The Kier molecular flexibility index (Phi) is 5.94. The van der Waals surface area contributed by atoms with Crippen LogP contribution in [0, 0.1) is 24.7 Å². The Morgan fingerprint density at radius 3 is 2.57 bits per heavy atom. The fourth-order valence-electron chi connectivity index (χ4n) is 1.94. The minimum absolute atomic E-state index is 0.0934. The maximum absolute atomic E-state index is 12.3. The summed E-state index contributed by atoms with van der Waals surface area (Å²) in [6.45, 7) is 5.15. The molecule has 1 atom stereocenters. The number of carbonyl (C=O) groups excluding carboxylic acids is 2. The highest BCUT2D eigenvalue weighted by atomic mass is 16.2. The van der Waals surface area contributed by atoms with Gasteiger partial charge in [0.1, 0.15) is 12.6 Å². The van der Waals surface area contributed by atoms with Gasteiger partial charge in [-0.3, -0.25) is 9.59 Å². The molecule has 0 saturated carbocycles. The average molecular weight is 288 g/mol. The number of benzene rings is 1. The van der Waals surface area contributed by atoms with E-state index in [2.05, 4.69) is 17.2 Å². The summed E-state index contributed by atoms with van der Waals surface area (Å²) in [5.74, 6) is 4.31. The molecule has 0 aliphatic heterocycles. The molecule has 0 aromatic heterocycles. The number of nitrogens with one attached hydrogen (secondary N) is 1. The zero-order valence-electron chi connectivity index (χ0n) is 12.4. The van der Waals surface area contributed by atoms with Crippen molar-refractivity contribution in [2.75, 3.05) is 6.61 Å². The van der Waals surface area contributed by atoms with E-state index in [0.717, 1.165) is 0 Å². The molecule has 21 heavy (non-hydrogen) atoms. The van der Waals surface area contributed by atoms with Crippen molar-refractivity contribution < 1.29 is 14.7 Å². The van der Waals surface area contributed by atoms with Crippen LogP contribution in [0.4, 0.5) is 0 Å². The Morgan fingerprint density at radius 2 is 2.05 bits per heavy atom. The van der Waals surface area contributed by atoms with Crippen molar-refractivity contribution >= 4 is 11.8 Å². The Balaban J connectivity index is 3.05. The topological polar surface area (TPSA) is 92.4 Å². The number of amides is 2. The van der Waals surface area contributed by atoms with E-state index < -0.39 is 11.9 Å². The van der Waals surface area contributed by atoms with Crippen molar-refractivity contribution in [1.29, 1.82) is 0 Å². The third-order valence-electron chi connectivity index (χ3n) is 3.14. The van der Waals surface area contributed by atoms with Crippen molar-refractivity contribution in [2.45, 2.75) is 26.8 Å². The predicted octanol–water partition coefficient (Wildman–Crippen LogP) is 0.579. The lowest BCUT2D eigenvalue weighted by atomic mass is 9.99. The summed E-state index contributed by atoms with van der Waals surface area (Å²) >= 11 is 0. The Bertz CT molecular complexity index is 597. The van der Waals surface area contributed by atoms with E-state index in [0.29, 0.717) is 16.7 Å². The second-order valence-electron chi connectivity index (χ2n) is 5.04. The van der Waals surface area contributed by atoms with Crippen LogP contribution in [0.2, 0.25) is 0 Å². The first kappa shape index (κ1) is 16.7. The molecular weight excluding hydrogens is 268 g/mol. The molecule has 0 saturated heterocycles. The van der Waals surface area contributed by atoms with Gasteiger partial charge in [0.05, 0.1) is 0 Å². The molecule has 1 rings (SSSR count). The fraction of sp³-hybridized carbons (Fsp3) is 0.375. The van der Waals surface area contributed by atoms with E-state index in [-0.39, 0.29) is 18.4 Å². The van der Waals surface area contributed by atoms with Crippen molar-refractivity contribution in [2.24, 2.45) is 11.7 Å². The number of aliphatic hydroxyl groups excluding tert-OH is 1. The number of hydrogen-bond acceptors (Lipinski definition) is 3. The predicted molar refractivity (Wildman–Crippen MR) is 80.4 cm³/mol. The van der Waals surface area contributed by atoms with Gasteiger partial charge in [-0.15, -0.1) is 0 Å². The van der Waals surface area contributed by atoms with E-state index in [1.54, 1.807) is 25.1 Å². The first-order valence-electron chi connectivity index (χ1n) is 6.68. The van der Waals surface area contributed by atoms with E-state index in [1.807, 2.05) is 13.8 Å². The molecule has 1 aromatic carbocycles. The van der Waals surface area contributed by atoms with Gasteiger partial charge in [0.25, 0.3) is 5.91 Å². The molecule has 112 valence electrons. The number of primary amides is 1. The lowest BCUT2D eigenvalue weighted by Crippen LogP contribution is -2.47. The van der Waals surface area contributed by atoms with Crippen molar-refractivity contribution in [1.82, 2.24) is 5.32 Å². The average Bonchev–Trinajstić information content (AvgIpc) is 2.42. The molecule has 1 aromatic rings. The first-order chi connectivity index (χ1) is 9.88. The summed E-state index contributed by atoms with van der Waals surface area (Å²) in [7, 11) is 0. The largest absolute Gasteiger partial charge is 0.384 e. The molecule has 1 unspecified atom stereocenters. The molecule has 0 radical (unpaired) electrons. The van der Waals surface area contributed by atoms with Crippen LogP contribution in [0.1, 0.15) is 35.3 Å². The van der Waals surface area contributed by atoms with Gasteiger partial charge in [-0.25, -0.2) is 0 Å². The number of carbonyl (C=O) groups is 2. The van der Waals surface area contributed by atoms with E-state index in [1.165, 1.54) is 0 Å². The zero-order valence-corrected chi connectivity index (χ0v) is 12.4. The monoisotopic (exact) mass is 288 g/mol. The lowest BCUT2D eigenvalue weighted by Gasteiger charge is -2.19. The Hall–Kier alpha value is -2.32. The molecule has 0 bridgehead atoms. The van der Waals surface area contributed by atoms with Gasteiger partial charge < -0.3 is 16.2 Å². The van der Waals surface area contributed by atoms with Crippen LogP contribution in [0.25, 0.3) is 0 Å². The molecule has 0 heterocycles. The normalized spacial score (nSPS) is 11.5. The SMILES string of the molecule is Cc1c(C#CCO)cccc1C(=O)NC(C(N)=O)C(C)C. The van der Waals surface area contributed by atoms with Gasteiger partial charge in [-0.2, -0.15) is 0 Å². The van der Waals surface area contributed by atoms with E-state index >= 15 is 0 Å². The molecule has 0 aliphatic rings. The van der Waals surface area contributed by atoms with E-state index in [4.69, 9.17) is 10.8 Å². The quantitative estimate of drug-likeness (QED) is 0.708.